The zero-order chi connectivity index (χ0) is 32.8. The van der Waals surface area contributed by atoms with Crippen LogP contribution >= 0.6 is 34.8 Å². The highest BCUT2D eigenvalue weighted by Crippen LogP contribution is 2.50. The van der Waals surface area contributed by atoms with Crippen LogP contribution in [-0.2, 0) is 16.0 Å². The lowest BCUT2D eigenvalue weighted by Crippen LogP contribution is -2.29. The summed E-state index contributed by atoms with van der Waals surface area (Å²) in [5, 5.41) is 2.36. The molecule has 5 aromatic carbocycles. The number of hydrogen-bond acceptors (Lipinski definition) is 6. The van der Waals surface area contributed by atoms with Crippen LogP contribution in [0.1, 0.15) is 39.2 Å². The Hall–Kier alpha value is -4.23. The van der Waals surface area contributed by atoms with Crippen LogP contribution in [0.25, 0.3) is 10.8 Å². The summed E-state index contributed by atoms with van der Waals surface area (Å²) in [5.41, 5.74) is -0.588. The van der Waals surface area contributed by atoms with Gasteiger partial charge in [0.2, 0.25) is 5.75 Å². The van der Waals surface area contributed by atoms with Gasteiger partial charge in [-0.25, -0.2) is 0 Å². The van der Waals surface area contributed by atoms with Crippen LogP contribution in [0.4, 0.5) is 0 Å². The van der Waals surface area contributed by atoms with Crippen LogP contribution in [0.15, 0.2) is 97.1 Å². The molecule has 0 aliphatic heterocycles. The second-order valence-electron chi connectivity index (χ2n) is 11.2. The molecule has 0 amide bonds. The minimum atomic E-state index is -0.812. The summed E-state index contributed by atoms with van der Waals surface area (Å²) in [6.07, 6.45) is 1.03. The van der Waals surface area contributed by atoms with E-state index in [-0.39, 0.29) is 50.8 Å². The third-order valence-electron chi connectivity index (χ3n) is 7.27. The lowest BCUT2D eigenvalue weighted by molar-refractivity contribution is -0.144. The Kier molecular flexibility index (Phi) is 10.4. The van der Waals surface area contributed by atoms with E-state index < -0.39 is 17.4 Å². The Labute approximate surface area is 282 Å². The Morgan fingerprint density at radius 3 is 1.87 bits per heavy atom. The summed E-state index contributed by atoms with van der Waals surface area (Å²) in [7, 11) is 0. The molecule has 0 heterocycles. The molecule has 5 rings (SSSR count). The fourth-order valence-electron chi connectivity index (χ4n) is 4.90. The second kappa shape index (κ2) is 14.5. The van der Waals surface area contributed by atoms with Crippen molar-refractivity contribution in [1.82, 2.24) is 0 Å². The van der Waals surface area contributed by atoms with Crippen molar-refractivity contribution in [2.45, 2.75) is 40.0 Å². The monoisotopic (exact) mass is 676 g/mol. The van der Waals surface area contributed by atoms with Crippen LogP contribution in [-0.4, -0.2) is 11.9 Å². The van der Waals surface area contributed by atoms with Gasteiger partial charge in [0.25, 0.3) is 0 Å². The van der Waals surface area contributed by atoms with Crippen molar-refractivity contribution < 1.29 is 28.5 Å². The highest BCUT2D eigenvalue weighted by molar-refractivity contribution is 6.33. The van der Waals surface area contributed by atoms with Crippen molar-refractivity contribution in [2.75, 3.05) is 0 Å². The number of benzene rings is 5. The fraction of sp³-hybridized carbons (Fsp3) is 0.189. The van der Waals surface area contributed by atoms with Gasteiger partial charge in [-0.2, -0.15) is 0 Å². The van der Waals surface area contributed by atoms with Gasteiger partial charge in [-0.05, 0) is 56.0 Å². The van der Waals surface area contributed by atoms with Gasteiger partial charge >= 0.3 is 11.9 Å². The standard InChI is InChI=1S/C37H31Cl3O6/c1-4-20-37(2,3)36(42)46-32-22-28(40)25(21-33(41)43-29-19-11-13-23-12-5-6-14-24(23)29)34(44-30-17-9-7-15-26(30)38)35(32)45-31-18-10-8-16-27(31)39/h5-19,22H,4,20-21H2,1-3H3. The third kappa shape index (κ3) is 7.59. The lowest BCUT2D eigenvalue weighted by atomic mass is 9.88. The van der Waals surface area contributed by atoms with Gasteiger partial charge in [0.15, 0.2) is 11.5 Å². The number of fused-ring (bicyclic) bond motifs is 1. The van der Waals surface area contributed by atoms with E-state index in [2.05, 4.69) is 0 Å². The molecule has 9 heteroatoms. The maximum Gasteiger partial charge on any atom is 0.317 e. The number of para-hydroxylation sites is 2. The van der Waals surface area contributed by atoms with Gasteiger partial charge in [0.05, 0.1) is 26.9 Å². The van der Waals surface area contributed by atoms with E-state index in [1.165, 1.54) is 6.07 Å². The first-order valence-electron chi connectivity index (χ1n) is 14.7. The molecule has 0 fully saturated rings. The van der Waals surface area contributed by atoms with Crippen molar-refractivity contribution in [3.8, 4) is 34.5 Å². The first-order chi connectivity index (χ1) is 22.1. The van der Waals surface area contributed by atoms with Gasteiger partial charge in [-0.15, -0.1) is 0 Å². The average molecular weight is 678 g/mol. The molecular formula is C37H31Cl3O6. The zero-order valence-electron chi connectivity index (χ0n) is 25.4. The Bertz CT molecular complexity index is 1900. The number of carbonyl (C=O) groups excluding carboxylic acids is 2. The first kappa shape index (κ1) is 33.1. The van der Waals surface area contributed by atoms with E-state index in [4.69, 9.17) is 53.8 Å². The fourth-order valence-corrected chi connectivity index (χ4v) is 5.50. The molecule has 5 aromatic rings. The van der Waals surface area contributed by atoms with E-state index in [0.29, 0.717) is 17.2 Å². The van der Waals surface area contributed by atoms with Crippen molar-refractivity contribution in [3.63, 3.8) is 0 Å². The molecule has 0 radical (unpaired) electrons. The molecule has 0 atom stereocenters. The van der Waals surface area contributed by atoms with Crippen LogP contribution in [0.3, 0.4) is 0 Å². The molecular weight excluding hydrogens is 647 g/mol. The average Bonchev–Trinajstić information content (AvgIpc) is 3.02. The Balaban J connectivity index is 1.64. The molecule has 0 bridgehead atoms. The molecule has 0 aliphatic rings. The minimum Gasteiger partial charge on any atom is -0.451 e. The highest BCUT2D eigenvalue weighted by atomic mass is 35.5. The Morgan fingerprint density at radius 2 is 1.22 bits per heavy atom. The van der Waals surface area contributed by atoms with Gasteiger partial charge < -0.3 is 18.9 Å². The number of ether oxygens (including phenoxy) is 4. The zero-order valence-corrected chi connectivity index (χ0v) is 27.7. The van der Waals surface area contributed by atoms with E-state index >= 15 is 0 Å². The molecule has 0 aliphatic carbocycles. The van der Waals surface area contributed by atoms with Gasteiger partial charge in [-0.3, -0.25) is 9.59 Å². The van der Waals surface area contributed by atoms with Gasteiger partial charge in [-0.1, -0.05) is 109 Å². The topological polar surface area (TPSA) is 71.1 Å². The molecule has 6 nitrogen and oxygen atoms in total. The molecule has 0 N–H and O–H groups in total. The summed E-state index contributed by atoms with van der Waals surface area (Å²) in [6, 6.07) is 28.0. The molecule has 236 valence electrons. The molecule has 0 spiro atoms. The van der Waals surface area contributed by atoms with Crippen molar-refractivity contribution in [2.24, 2.45) is 5.41 Å². The largest absolute Gasteiger partial charge is 0.451 e. The van der Waals surface area contributed by atoms with Crippen molar-refractivity contribution in [1.29, 1.82) is 0 Å². The van der Waals surface area contributed by atoms with E-state index in [1.54, 1.807) is 68.4 Å². The molecule has 0 unspecified atom stereocenters. The number of carbonyl (C=O) groups is 2. The summed E-state index contributed by atoms with van der Waals surface area (Å²) in [6.45, 7) is 5.58. The summed E-state index contributed by atoms with van der Waals surface area (Å²) >= 11 is 19.8. The van der Waals surface area contributed by atoms with Crippen LogP contribution in [0.5, 0.6) is 34.5 Å². The normalized spacial score (nSPS) is 11.3. The van der Waals surface area contributed by atoms with E-state index in [1.807, 2.05) is 43.3 Å². The predicted octanol–water partition coefficient (Wildman–Crippen LogP) is 11.3. The van der Waals surface area contributed by atoms with Gasteiger partial charge in [0, 0.05) is 17.0 Å². The summed E-state index contributed by atoms with van der Waals surface area (Å²) < 4.78 is 24.5. The van der Waals surface area contributed by atoms with Gasteiger partial charge in [0.1, 0.15) is 17.2 Å². The van der Waals surface area contributed by atoms with Crippen LogP contribution in [0, 0.1) is 5.41 Å². The minimum absolute atomic E-state index is 0.00601. The number of halogens is 3. The molecule has 0 saturated carbocycles. The predicted molar refractivity (Wildman–Crippen MR) is 182 cm³/mol. The molecule has 0 aromatic heterocycles. The van der Waals surface area contributed by atoms with Crippen molar-refractivity contribution >= 4 is 57.5 Å². The SMILES string of the molecule is CCCC(C)(C)C(=O)Oc1cc(Cl)c(CC(=O)Oc2cccc3ccccc23)c(Oc2ccccc2Cl)c1Oc1ccccc1Cl. The number of esters is 2. The maximum absolute atomic E-state index is 13.5. The van der Waals surface area contributed by atoms with Crippen LogP contribution < -0.4 is 18.9 Å². The maximum atomic E-state index is 13.5. The van der Waals surface area contributed by atoms with E-state index in [9.17, 15) is 9.59 Å². The smallest absolute Gasteiger partial charge is 0.317 e. The summed E-state index contributed by atoms with van der Waals surface area (Å²) in [5.74, 6) is -0.248. The third-order valence-corrected chi connectivity index (χ3v) is 8.23. The van der Waals surface area contributed by atoms with Crippen LogP contribution in [0.2, 0.25) is 15.1 Å². The lowest BCUT2D eigenvalue weighted by Gasteiger charge is -2.24. The summed E-state index contributed by atoms with van der Waals surface area (Å²) in [4.78, 5) is 27.0. The van der Waals surface area contributed by atoms with E-state index in [0.717, 1.165) is 17.2 Å². The molecule has 0 saturated heterocycles. The number of hydrogen-bond donors (Lipinski definition) is 0. The number of rotatable bonds is 11. The quantitative estimate of drug-likeness (QED) is 0.102. The Morgan fingerprint density at radius 1 is 0.652 bits per heavy atom. The molecule has 46 heavy (non-hydrogen) atoms. The first-order valence-corrected chi connectivity index (χ1v) is 15.8. The highest BCUT2D eigenvalue weighted by Gasteiger charge is 2.32. The van der Waals surface area contributed by atoms with Crippen molar-refractivity contribution in [3.05, 3.63) is 118 Å². The second-order valence-corrected chi connectivity index (χ2v) is 12.4.